The standard InChI is InChI=1S/C17H17FO3S.C9H8BrFO2.C8H10OS/c1-21-15-4-2-12(3-5-15)11-22-16-7-13(9-18)6-14(8-16)17(20)10-19;10-8-2-6(4-11)1-7(3-8)9(13)5-12;1-9-8-4-2-7(6-10)3-5-8/h2-8,19H,9-11H2,1H3;1-3,12H,4-5H2;2-5,10H,6H2,1H3. The Kier molecular flexibility index (Phi) is 17.5. The van der Waals surface area contributed by atoms with Gasteiger partial charge in [0, 0.05) is 32.0 Å². The van der Waals surface area contributed by atoms with Gasteiger partial charge < -0.3 is 19.7 Å². The number of thiol groups is 1. The fraction of sp³-hybridized carbons (Fsp3) is 0.235. The van der Waals surface area contributed by atoms with E-state index in [2.05, 4.69) is 28.6 Å². The first-order chi connectivity index (χ1) is 21.7. The molecule has 0 aliphatic carbocycles. The van der Waals surface area contributed by atoms with Crippen molar-refractivity contribution in [3.63, 3.8) is 0 Å². The van der Waals surface area contributed by atoms with Crippen LogP contribution >= 0.6 is 40.3 Å². The summed E-state index contributed by atoms with van der Waals surface area (Å²) in [5.41, 5.74) is 3.85. The quantitative estimate of drug-likeness (QED) is 0.0780. The Morgan fingerprint density at radius 2 is 1.18 bits per heavy atom. The van der Waals surface area contributed by atoms with E-state index in [0.29, 0.717) is 32.5 Å². The molecule has 6 nitrogen and oxygen atoms in total. The molecule has 0 saturated heterocycles. The maximum Gasteiger partial charge on any atom is 0.188 e. The number of carbonyl (C=O) groups excluding carboxylic acids is 2. The lowest BCUT2D eigenvalue weighted by atomic mass is 10.1. The van der Waals surface area contributed by atoms with Crippen LogP contribution in [0.15, 0.2) is 94.3 Å². The van der Waals surface area contributed by atoms with E-state index in [4.69, 9.17) is 19.7 Å². The molecule has 0 fully saturated rings. The van der Waals surface area contributed by atoms with Gasteiger partial charge in [-0.15, -0.1) is 11.8 Å². The van der Waals surface area contributed by atoms with Gasteiger partial charge >= 0.3 is 0 Å². The number of rotatable bonds is 12. The third-order valence-electron chi connectivity index (χ3n) is 6.07. The summed E-state index contributed by atoms with van der Waals surface area (Å²) in [6, 6.07) is 25.0. The first-order valence-corrected chi connectivity index (χ1v) is 15.9. The smallest absolute Gasteiger partial charge is 0.188 e. The monoisotopic (exact) mass is 720 g/mol. The minimum absolute atomic E-state index is 0.324. The van der Waals surface area contributed by atoms with Crippen molar-refractivity contribution in [2.24, 2.45) is 0 Å². The largest absolute Gasteiger partial charge is 0.497 e. The first-order valence-electron chi connectivity index (χ1n) is 13.5. The van der Waals surface area contributed by atoms with Gasteiger partial charge in [0.1, 0.15) is 38.1 Å². The molecule has 4 aromatic carbocycles. The summed E-state index contributed by atoms with van der Waals surface area (Å²) in [6.45, 7) is -2.38. The molecule has 0 unspecified atom stereocenters. The van der Waals surface area contributed by atoms with Gasteiger partial charge in [-0.3, -0.25) is 9.59 Å². The summed E-state index contributed by atoms with van der Waals surface area (Å²) in [5.74, 6) is 2.36. The highest BCUT2D eigenvalue weighted by Crippen LogP contribution is 2.27. The molecule has 2 N–H and O–H groups in total. The van der Waals surface area contributed by atoms with Gasteiger partial charge in [-0.25, -0.2) is 8.78 Å². The summed E-state index contributed by atoms with van der Waals surface area (Å²) in [6.07, 6.45) is 0. The lowest BCUT2D eigenvalue weighted by Gasteiger charge is -2.07. The highest BCUT2D eigenvalue weighted by Gasteiger charge is 2.09. The normalized spacial score (nSPS) is 10.1. The number of methoxy groups -OCH3 is 2. The molecule has 0 aliphatic rings. The van der Waals surface area contributed by atoms with Crippen LogP contribution in [-0.4, -0.2) is 49.2 Å². The van der Waals surface area contributed by atoms with Gasteiger partial charge in [-0.05, 0) is 82.9 Å². The number of ether oxygens (including phenoxy) is 2. The van der Waals surface area contributed by atoms with Crippen molar-refractivity contribution in [1.29, 1.82) is 0 Å². The minimum Gasteiger partial charge on any atom is -0.497 e. The number of halogens is 3. The molecule has 0 bridgehead atoms. The topological polar surface area (TPSA) is 93.1 Å². The molecule has 4 aromatic rings. The number of hydrogen-bond acceptors (Lipinski definition) is 8. The second-order valence-electron chi connectivity index (χ2n) is 9.29. The molecule has 45 heavy (non-hydrogen) atoms. The summed E-state index contributed by atoms with van der Waals surface area (Å²) >= 11 is 8.80. The number of Topliss-reactive ketones (excluding diaryl/α,β-unsaturated/α-hetero) is 2. The van der Waals surface area contributed by atoms with Crippen molar-refractivity contribution in [3.8, 4) is 11.5 Å². The maximum absolute atomic E-state index is 12.9. The van der Waals surface area contributed by atoms with E-state index in [1.165, 1.54) is 29.5 Å². The molecule has 0 amide bonds. The fourth-order valence-corrected chi connectivity index (χ4v) is 5.39. The highest BCUT2D eigenvalue weighted by atomic mass is 79.9. The van der Waals surface area contributed by atoms with E-state index in [1.54, 1.807) is 38.5 Å². The third-order valence-corrected chi connectivity index (χ3v) is 7.94. The zero-order valence-corrected chi connectivity index (χ0v) is 28.1. The highest BCUT2D eigenvalue weighted by molar-refractivity contribution is 9.10. The predicted molar refractivity (Wildman–Crippen MR) is 181 cm³/mol. The van der Waals surface area contributed by atoms with Crippen LogP contribution in [0.3, 0.4) is 0 Å². The van der Waals surface area contributed by atoms with Gasteiger partial charge in [0.25, 0.3) is 0 Å². The van der Waals surface area contributed by atoms with Gasteiger partial charge in [0.15, 0.2) is 11.6 Å². The average Bonchev–Trinajstić information content (AvgIpc) is 3.10. The number of alkyl halides is 2. The van der Waals surface area contributed by atoms with Crippen LogP contribution in [0.2, 0.25) is 0 Å². The zero-order valence-electron chi connectivity index (χ0n) is 24.8. The second-order valence-corrected chi connectivity index (χ2v) is 11.6. The van der Waals surface area contributed by atoms with Crippen LogP contribution in [0.4, 0.5) is 8.78 Å². The van der Waals surface area contributed by atoms with E-state index in [9.17, 15) is 18.4 Å². The predicted octanol–water partition coefficient (Wildman–Crippen LogP) is 7.85. The van der Waals surface area contributed by atoms with Crippen LogP contribution in [0.1, 0.15) is 43.0 Å². The van der Waals surface area contributed by atoms with Crippen LogP contribution in [0.5, 0.6) is 11.5 Å². The number of benzene rings is 4. The molecule has 0 aliphatic heterocycles. The van der Waals surface area contributed by atoms with E-state index in [-0.39, 0.29) is 0 Å². The summed E-state index contributed by atoms with van der Waals surface area (Å²) < 4.78 is 35.9. The van der Waals surface area contributed by atoms with Crippen molar-refractivity contribution < 1.29 is 38.1 Å². The molecule has 0 aromatic heterocycles. The Balaban J connectivity index is 0.000000259. The Hall–Kier alpha value is -3.22. The van der Waals surface area contributed by atoms with Crippen LogP contribution in [0, 0.1) is 0 Å². The van der Waals surface area contributed by atoms with E-state index in [0.717, 1.165) is 27.7 Å². The molecule has 0 heterocycles. The van der Waals surface area contributed by atoms with Crippen LogP contribution < -0.4 is 9.47 Å². The fourth-order valence-electron chi connectivity index (χ4n) is 3.67. The number of ketones is 2. The Morgan fingerprint density at radius 3 is 1.62 bits per heavy atom. The summed E-state index contributed by atoms with van der Waals surface area (Å²) in [5, 5.41) is 17.5. The number of thioether (sulfide) groups is 1. The summed E-state index contributed by atoms with van der Waals surface area (Å²) in [7, 11) is 3.28. The summed E-state index contributed by atoms with van der Waals surface area (Å²) in [4.78, 5) is 23.4. The van der Waals surface area contributed by atoms with E-state index in [1.807, 2.05) is 48.5 Å². The number of aliphatic hydroxyl groups is 2. The third kappa shape index (κ3) is 13.3. The van der Waals surface area contributed by atoms with Crippen molar-refractivity contribution in [2.45, 2.75) is 29.8 Å². The number of carbonyl (C=O) groups is 2. The molecule has 240 valence electrons. The Labute approximate surface area is 280 Å². The van der Waals surface area contributed by atoms with E-state index < -0.39 is 38.1 Å². The molecule has 0 radical (unpaired) electrons. The Bertz CT molecular complexity index is 1480. The van der Waals surface area contributed by atoms with Gasteiger partial charge in [0.05, 0.1) is 14.2 Å². The molecule has 4 rings (SSSR count). The number of hydrogen-bond donors (Lipinski definition) is 3. The molecule has 0 saturated carbocycles. The maximum atomic E-state index is 12.9. The van der Waals surface area contributed by atoms with Crippen molar-refractivity contribution >= 4 is 51.9 Å². The lowest BCUT2D eigenvalue weighted by molar-refractivity contribution is 0.0897. The number of aliphatic hydroxyl groups excluding tert-OH is 2. The second kappa shape index (κ2) is 20.7. The van der Waals surface area contributed by atoms with E-state index >= 15 is 0 Å². The molecule has 0 atom stereocenters. The van der Waals surface area contributed by atoms with Gasteiger partial charge in [0.2, 0.25) is 0 Å². The Morgan fingerprint density at radius 1 is 0.711 bits per heavy atom. The minimum atomic E-state index is -0.636. The van der Waals surface area contributed by atoms with Crippen molar-refractivity contribution in [2.75, 3.05) is 27.4 Å². The molecular weight excluding hydrogens is 686 g/mol. The van der Waals surface area contributed by atoms with Crippen LogP contribution in [0.25, 0.3) is 0 Å². The molecule has 0 spiro atoms. The molecular formula is C34H35BrF2O6S2. The van der Waals surface area contributed by atoms with Crippen molar-refractivity contribution in [1.82, 2.24) is 0 Å². The van der Waals surface area contributed by atoms with Crippen LogP contribution in [-0.2, 0) is 24.9 Å². The lowest BCUT2D eigenvalue weighted by Crippen LogP contribution is -2.05. The van der Waals surface area contributed by atoms with Gasteiger partial charge in [-0.1, -0.05) is 40.2 Å². The van der Waals surface area contributed by atoms with Gasteiger partial charge in [-0.2, -0.15) is 12.6 Å². The zero-order chi connectivity index (χ0) is 33.2. The molecule has 11 heteroatoms. The van der Waals surface area contributed by atoms with Crippen molar-refractivity contribution in [3.05, 3.63) is 123 Å². The first kappa shape index (κ1) is 38.0. The SMILES string of the molecule is COc1ccc(CS)cc1.COc1ccc(CSc2cc(CF)cc(C(=O)CO)c2)cc1.O=C(CO)c1cc(Br)cc(CF)c1. The average molecular weight is 722 g/mol.